The van der Waals surface area contributed by atoms with Crippen LogP contribution in [0.1, 0.15) is 24.1 Å². The van der Waals surface area contributed by atoms with Crippen LogP contribution in [0.3, 0.4) is 0 Å². The van der Waals surface area contributed by atoms with Gasteiger partial charge in [0.1, 0.15) is 6.10 Å². The molecule has 0 amide bonds. The predicted octanol–water partition coefficient (Wildman–Crippen LogP) is 3.59. The van der Waals surface area contributed by atoms with E-state index in [9.17, 15) is 0 Å². The van der Waals surface area contributed by atoms with E-state index in [4.69, 9.17) is 4.74 Å². The van der Waals surface area contributed by atoms with Crippen molar-refractivity contribution < 1.29 is 4.74 Å². The van der Waals surface area contributed by atoms with Crippen molar-refractivity contribution in [2.24, 2.45) is 0 Å². The van der Waals surface area contributed by atoms with E-state index in [2.05, 4.69) is 55.1 Å². The third-order valence-corrected chi connectivity index (χ3v) is 4.40. The van der Waals surface area contributed by atoms with Crippen molar-refractivity contribution in [1.82, 2.24) is 14.9 Å². The first-order valence-electron chi connectivity index (χ1n) is 7.61. The second-order valence-corrected chi connectivity index (χ2v) is 6.63. The quantitative estimate of drug-likeness (QED) is 0.833. The molecule has 1 aliphatic rings. The van der Waals surface area contributed by atoms with Crippen LogP contribution in [-0.2, 0) is 6.54 Å². The highest BCUT2D eigenvalue weighted by atomic mass is 79.9. The molecule has 1 fully saturated rings. The van der Waals surface area contributed by atoms with Crippen molar-refractivity contribution in [2.45, 2.75) is 32.4 Å². The zero-order valence-electron chi connectivity index (χ0n) is 12.7. The summed E-state index contributed by atoms with van der Waals surface area (Å²) >= 11 is 3.47. The zero-order valence-corrected chi connectivity index (χ0v) is 14.3. The normalized spacial score (nSPS) is 16.6. The van der Waals surface area contributed by atoms with Gasteiger partial charge in [-0.05, 0) is 37.5 Å². The van der Waals surface area contributed by atoms with E-state index in [-0.39, 0.29) is 6.10 Å². The molecule has 1 aliphatic heterocycles. The van der Waals surface area contributed by atoms with Crippen LogP contribution in [0, 0.1) is 6.92 Å². The van der Waals surface area contributed by atoms with Gasteiger partial charge < -0.3 is 4.74 Å². The first kappa shape index (κ1) is 15.4. The number of hydrogen-bond acceptors (Lipinski definition) is 4. The highest BCUT2D eigenvalue weighted by molar-refractivity contribution is 9.10. The van der Waals surface area contributed by atoms with Gasteiger partial charge in [-0.3, -0.25) is 9.88 Å². The number of aromatic nitrogens is 2. The molecule has 0 bridgehead atoms. The molecule has 0 unspecified atom stereocenters. The number of aryl methyl sites for hydroxylation is 1. The molecule has 1 saturated heterocycles. The molecule has 3 rings (SSSR count). The van der Waals surface area contributed by atoms with E-state index in [1.807, 2.05) is 6.92 Å². The Labute approximate surface area is 139 Å². The van der Waals surface area contributed by atoms with Crippen LogP contribution >= 0.6 is 15.9 Å². The Kier molecular flexibility index (Phi) is 5.05. The smallest absolute Gasteiger partial charge is 0.232 e. The molecular formula is C17H20BrN3O. The standard InChI is InChI=1S/C17H20BrN3O/c1-13-10-19-11-17(20-13)22-16-6-8-21(9-7-16)12-14-2-4-15(18)5-3-14/h2-5,10-11,16H,6-9,12H2,1H3. The molecule has 2 aromatic rings. The number of likely N-dealkylation sites (tertiary alicyclic amines) is 1. The Hall–Kier alpha value is -1.46. The van der Waals surface area contributed by atoms with E-state index < -0.39 is 0 Å². The van der Waals surface area contributed by atoms with Crippen LogP contribution < -0.4 is 4.74 Å². The van der Waals surface area contributed by atoms with E-state index in [0.29, 0.717) is 5.88 Å². The Morgan fingerprint density at radius 2 is 1.91 bits per heavy atom. The highest BCUT2D eigenvalue weighted by Gasteiger charge is 2.21. The number of halogens is 1. The van der Waals surface area contributed by atoms with E-state index in [1.165, 1.54) is 5.56 Å². The SMILES string of the molecule is Cc1cncc(OC2CCN(Cc3ccc(Br)cc3)CC2)n1. The molecule has 116 valence electrons. The van der Waals surface area contributed by atoms with Crippen molar-refractivity contribution in [1.29, 1.82) is 0 Å². The fourth-order valence-electron chi connectivity index (χ4n) is 2.70. The lowest BCUT2D eigenvalue weighted by molar-refractivity contribution is 0.0927. The predicted molar refractivity (Wildman–Crippen MR) is 89.8 cm³/mol. The van der Waals surface area contributed by atoms with E-state index in [1.54, 1.807) is 12.4 Å². The van der Waals surface area contributed by atoms with Crippen LogP contribution in [-0.4, -0.2) is 34.1 Å². The van der Waals surface area contributed by atoms with Crippen LogP contribution in [0.4, 0.5) is 0 Å². The number of rotatable bonds is 4. The van der Waals surface area contributed by atoms with Crippen molar-refractivity contribution in [2.75, 3.05) is 13.1 Å². The first-order valence-corrected chi connectivity index (χ1v) is 8.40. The van der Waals surface area contributed by atoms with Gasteiger partial charge in [-0.15, -0.1) is 0 Å². The molecule has 0 N–H and O–H groups in total. The molecule has 22 heavy (non-hydrogen) atoms. The average Bonchev–Trinajstić information content (AvgIpc) is 2.52. The summed E-state index contributed by atoms with van der Waals surface area (Å²) in [5.41, 5.74) is 2.25. The monoisotopic (exact) mass is 361 g/mol. The van der Waals surface area contributed by atoms with Gasteiger partial charge in [0.05, 0.1) is 11.9 Å². The molecule has 0 radical (unpaired) electrons. The van der Waals surface area contributed by atoms with Gasteiger partial charge in [-0.1, -0.05) is 28.1 Å². The minimum Gasteiger partial charge on any atom is -0.473 e. The second-order valence-electron chi connectivity index (χ2n) is 5.72. The highest BCUT2D eigenvalue weighted by Crippen LogP contribution is 2.19. The number of piperidine rings is 1. The summed E-state index contributed by atoms with van der Waals surface area (Å²) < 4.78 is 7.07. The molecule has 4 nitrogen and oxygen atoms in total. The fraction of sp³-hybridized carbons (Fsp3) is 0.412. The molecule has 2 heterocycles. The lowest BCUT2D eigenvalue weighted by Gasteiger charge is -2.31. The number of hydrogen-bond donors (Lipinski definition) is 0. The topological polar surface area (TPSA) is 38.2 Å². The van der Waals surface area contributed by atoms with Gasteiger partial charge in [0.2, 0.25) is 5.88 Å². The Morgan fingerprint density at radius 3 is 2.59 bits per heavy atom. The first-order chi connectivity index (χ1) is 10.7. The van der Waals surface area contributed by atoms with Crippen LogP contribution in [0.5, 0.6) is 5.88 Å². The van der Waals surface area contributed by atoms with Crippen molar-refractivity contribution in [3.8, 4) is 5.88 Å². The molecular weight excluding hydrogens is 342 g/mol. The Bertz CT molecular complexity index is 610. The van der Waals surface area contributed by atoms with Crippen LogP contribution in [0.15, 0.2) is 41.1 Å². The fourth-order valence-corrected chi connectivity index (χ4v) is 2.97. The Balaban J connectivity index is 1.49. The number of ether oxygens (including phenoxy) is 1. The minimum absolute atomic E-state index is 0.247. The summed E-state index contributed by atoms with van der Waals surface area (Å²) in [6.07, 6.45) is 5.75. The Morgan fingerprint density at radius 1 is 1.18 bits per heavy atom. The molecule has 0 saturated carbocycles. The molecule has 1 aromatic heterocycles. The summed E-state index contributed by atoms with van der Waals surface area (Å²) in [4.78, 5) is 11.0. The van der Waals surface area contributed by atoms with Crippen molar-refractivity contribution in [3.05, 3.63) is 52.4 Å². The van der Waals surface area contributed by atoms with E-state index in [0.717, 1.165) is 42.6 Å². The summed E-state index contributed by atoms with van der Waals surface area (Å²) in [6, 6.07) is 8.55. The molecule has 0 spiro atoms. The molecule has 0 aliphatic carbocycles. The second kappa shape index (κ2) is 7.20. The molecule has 1 aromatic carbocycles. The summed E-state index contributed by atoms with van der Waals surface area (Å²) in [6.45, 7) is 5.05. The summed E-state index contributed by atoms with van der Waals surface area (Å²) in [5, 5.41) is 0. The lowest BCUT2D eigenvalue weighted by atomic mass is 10.1. The third-order valence-electron chi connectivity index (χ3n) is 3.87. The van der Waals surface area contributed by atoms with Gasteiger partial charge in [-0.25, -0.2) is 4.98 Å². The van der Waals surface area contributed by atoms with E-state index >= 15 is 0 Å². The van der Waals surface area contributed by atoms with Crippen molar-refractivity contribution in [3.63, 3.8) is 0 Å². The lowest BCUT2D eigenvalue weighted by Crippen LogP contribution is -2.37. The van der Waals surface area contributed by atoms with Gasteiger partial charge in [-0.2, -0.15) is 0 Å². The van der Waals surface area contributed by atoms with Gasteiger partial charge >= 0.3 is 0 Å². The third kappa shape index (κ3) is 4.27. The van der Waals surface area contributed by atoms with Gasteiger partial charge in [0, 0.05) is 30.3 Å². The van der Waals surface area contributed by atoms with Crippen LogP contribution in [0.25, 0.3) is 0 Å². The molecule has 0 atom stereocenters. The average molecular weight is 362 g/mol. The minimum atomic E-state index is 0.247. The largest absolute Gasteiger partial charge is 0.473 e. The van der Waals surface area contributed by atoms with Crippen molar-refractivity contribution >= 4 is 15.9 Å². The summed E-state index contributed by atoms with van der Waals surface area (Å²) in [5.74, 6) is 0.645. The maximum atomic E-state index is 5.94. The molecule has 5 heteroatoms. The zero-order chi connectivity index (χ0) is 15.4. The summed E-state index contributed by atoms with van der Waals surface area (Å²) in [7, 11) is 0. The number of benzene rings is 1. The number of nitrogens with zero attached hydrogens (tertiary/aromatic N) is 3. The van der Waals surface area contributed by atoms with Gasteiger partial charge in [0.25, 0.3) is 0 Å². The van der Waals surface area contributed by atoms with Gasteiger partial charge in [0.15, 0.2) is 0 Å². The maximum Gasteiger partial charge on any atom is 0.232 e. The van der Waals surface area contributed by atoms with Crippen LogP contribution in [0.2, 0.25) is 0 Å². The maximum absolute atomic E-state index is 5.94.